The Morgan fingerprint density at radius 2 is 0.361 bits per heavy atom. The summed E-state index contributed by atoms with van der Waals surface area (Å²) in [6, 6.07) is 181. The molecule has 694 valence electrons. The molecule has 0 saturated heterocycles. The van der Waals surface area contributed by atoms with Crippen LogP contribution in [-0.2, 0) is 13.7 Å². The summed E-state index contributed by atoms with van der Waals surface area (Å²) in [5.41, 5.74) is 23.2. The van der Waals surface area contributed by atoms with E-state index in [1.54, 1.807) is 0 Å². The maximum atomic E-state index is 14.9. The Labute approximate surface area is 847 Å². The van der Waals surface area contributed by atoms with Crippen molar-refractivity contribution in [3.63, 3.8) is 0 Å². The lowest BCUT2D eigenvalue weighted by atomic mass is 9.98. The number of fused-ring (bicyclic) bond motifs is 18. The molecule has 0 bridgehead atoms. The predicted octanol–water partition coefficient (Wildman–Crippen LogP) is 29.2. The fourth-order valence-electron chi connectivity index (χ4n) is 20.9. The van der Waals surface area contributed by atoms with Crippen molar-refractivity contribution in [1.29, 1.82) is 0 Å². The molecule has 0 atom stereocenters. The molecule has 12 nitrogen and oxygen atoms in total. The largest absolute Gasteiger partial charge is 0.309 e. The monoisotopic (exact) mass is 1940 g/mol. The van der Waals surface area contributed by atoms with Crippen molar-refractivity contribution in [1.82, 2.24) is 43.1 Å². The van der Waals surface area contributed by atoms with Gasteiger partial charge in [0, 0.05) is 80.6 Å². The first-order valence-electron chi connectivity index (χ1n) is 49.1. The molecule has 147 heavy (non-hydrogen) atoms. The number of hydrogen-bond donors (Lipinski definition) is 0. The van der Waals surface area contributed by atoms with Gasteiger partial charge in [0.2, 0.25) is 0 Å². The lowest BCUT2D eigenvalue weighted by Crippen LogP contribution is -2.24. The molecule has 6 aromatic heterocycles. The van der Waals surface area contributed by atoms with Crippen LogP contribution in [0.25, 0.3) is 194 Å². The topological polar surface area (TPSA) is 142 Å². The van der Waals surface area contributed by atoms with E-state index in [1.807, 2.05) is 273 Å². The highest BCUT2D eigenvalue weighted by atomic mass is 31.2. The van der Waals surface area contributed by atoms with Gasteiger partial charge in [-0.1, -0.05) is 431 Å². The normalized spacial score (nSPS) is 11.9. The van der Waals surface area contributed by atoms with Crippen LogP contribution in [0.4, 0.5) is 0 Å². The molecule has 15 heteroatoms. The van der Waals surface area contributed by atoms with E-state index in [-0.39, 0.29) is 0 Å². The highest BCUT2D eigenvalue weighted by molar-refractivity contribution is 7.86. The highest BCUT2D eigenvalue weighted by Crippen LogP contribution is 2.48. The van der Waals surface area contributed by atoms with E-state index in [0.717, 1.165) is 231 Å². The molecule has 0 aliphatic carbocycles. The van der Waals surface area contributed by atoms with Gasteiger partial charge in [-0.2, -0.15) is 0 Å². The Kier molecular flexibility index (Phi) is 22.5. The molecule has 0 radical (unpaired) electrons. The minimum atomic E-state index is -3.06. The SMILES string of the molecule is O=P(c1ccccc1)(c1ccccc1)c1ccc(-c2ccc3nc(-c4ccc5ccccc5c4)n4c5ccccc5nc4c3c2)cc1.O=P(c1ccccc1)(c1ccccc1)c1ccc2cc(-c3ccc(-c4ccc5nc(-c6ccccc6)n6c7ccccc7nc6c5c4)cc3)ccc2c1.O=P(c1ccccc1)(c1ccccc1)c1ccc2cc(-c3ccc4nc(-c5ccccc5)n5c6ccccc6nc5c4c3)ccc2c1. The molecule has 6 heterocycles. The van der Waals surface area contributed by atoms with Gasteiger partial charge < -0.3 is 13.7 Å². The standard InChI is InChI=1S/C48H32N3OP.2C42H28N3OP/c52-53(40-14-6-2-7-15-40,41-16-8-3-9-17-41)42-28-26-37-30-36(24-25-38(37)31-42)33-20-22-34(23-21-33)39-27-29-44-43(32-39)48-50-45-18-10-11-19-46(45)51(48)47(49-44)35-12-4-1-5-13-35;46-47(34-14-6-2-7-15-34,35-16-8-3-9-17-35)36-24-22-31-26-30(20-21-32(31)27-36)33-23-25-38-37(28-33)42-44-39-18-10-11-19-40(39)45(42)41(43-38)29-12-4-1-5-13-29;46-47(34-13-3-1-4-14-34,35-15-5-2-6-16-35)36-24-21-30(22-25-36)32-23-26-38-37(28-32)42-44-39-17-9-10-18-40(39)45(42)41(43-38)33-20-19-29-11-7-8-12-31(29)27-33/h1-32H;2*1-28H. The summed E-state index contributed by atoms with van der Waals surface area (Å²) in [5.74, 6) is 2.62. The van der Waals surface area contributed by atoms with E-state index < -0.39 is 21.4 Å². The Hall–Kier alpha value is -18.3. The van der Waals surface area contributed by atoms with E-state index >= 15 is 0 Å². The van der Waals surface area contributed by atoms with Crippen LogP contribution in [-0.4, -0.2) is 43.1 Å². The maximum Gasteiger partial charge on any atom is 0.171 e. The van der Waals surface area contributed by atoms with Gasteiger partial charge >= 0.3 is 0 Å². The highest BCUT2D eigenvalue weighted by Gasteiger charge is 2.34. The van der Waals surface area contributed by atoms with Crippen LogP contribution in [0.2, 0.25) is 0 Å². The molecule has 0 aliphatic heterocycles. The number of hydrogen-bond acceptors (Lipinski definition) is 9. The van der Waals surface area contributed by atoms with Gasteiger partial charge in [-0.15, -0.1) is 0 Å². The summed E-state index contributed by atoms with van der Waals surface area (Å²) < 4.78 is 51.3. The van der Waals surface area contributed by atoms with Crippen molar-refractivity contribution in [2.24, 2.45) is 0 Å². The number of aromatic nitrogens is 9. The van der Waals surface area contributed by atoms with E-state index in [1.165, 1.54) is 10.8 Å². The Balaban J connectivity index is 0.000000112. The van der Waals surface area contributed by atoms with Crippen molar-refractivity contribution in [3.8, 4) is 78.7 Å². The second-order valence-corrected chi connectivity index (χ2v) is 45.3. The second-order valence-electron chi connectivity index (χ2n) is 37.0. The van der Waals surface area contributed by atoms with Crippen LogP contribution >= 0.6 is 21.4 Å². The van der Waals surface area contributed by atoms with Crippen molar-refractivity contribution >= 4 is 184 Å². The molecule has 0 spiro atoms. The van der Waals surface area contributed by atoms with E-state index in [0.29, 0.717) is 0 Å². The third-order valence-electron chi connectivity index (χ3n) is 28.3. The van der Waals surface area contributed by atoms with Gasteiger partial charge in [0.05, 0.1) is 49.7 Å². The Bertz CT molecular complexity index is 10000. The summed E-state index contributed by atoms with van der Waals surface area (Å²) in [6.45, 7) is 0. The molecule has 22 aromatic carbocycles. The Morgan fingerprint density at radius 3 is 0.721 bits per heavy atom. The molecule has 0 saturated carbocycles. The molecule has 0 fully saturated rings. The summed E-state index contributed by atoms with van der Waals surface area (Å²) in [6.07, 6.45) is 0. The zero-order valence-electron chi connectivity index (χ0n) is 79.4. The van der Waals surface area contributed by atoms with Gasteiger partial charge in [0.25, 0.3) is 0 Å². The predicted molar refractivity (Wildman–Crippen MR) is 613 cm³/mol. The zero-order valence-corrected chi connectivity index (χ0v) is 82.1. The van der Waals surface area contributed by atoms with E-state index in [2.05, 4.69) is 274 Å². The third kappa shape index (κ3) is 16.0. The molecule has 28 aromatic rings. The molecule has 28 rings (SSSR count). The molecular weight excluding hydrogens is 1850 g/mol. The van der Waals surface area contributed by atoms with Crippen LogP contribution in [0, 0.1) is 0 Å². The van der Waals surface area contributed by atoms with Gasteiger partial charge in [-0.05, 0) is 180 Å². The average molecular weight is 1940 g/mol. The van der Waals surface area contributed by atoms with Gasteiger partial charge in [-0.25, -0.2) is 29.9 Å². The number of nitrogens with zero attached hydrogens (tertiary/aromatic N) is 9. The van der Waals surface area contributed by atoms with E-state index in [9.17, 15) is 13.7 Å². The van der Waals surface area contributed by atoms with Crippen molar-refractivity contribution in [2.75, 3.05) is 0 Å². The molecule has 0 amide bonds. The smallest absolute Gasteiger partial charge is 0.171 e. The van der Waals surface area contributed by atoms with Crippen LogP contribution < -0.4 is 47.7 Å². The fraction of sp³-hybridized carbons (Fsp3) is 0. The van der Waals surface area contributed by atoms with Gasteiger partial charge in [0.15, 0.2) is 21.4 Å². The molecule has 0 unspecified atom stereocenters. The maximum absolute atomic E-state index is 14.9. The number of para-hydroxylation sites is 6. The van der Waals surface area contributed by atoms with Crippen LogP contribution in [0.3, 0.4) is 0 Å². The number of imidazole rings is 3. The Morgan fingerprint density at radius 1 is 0.143 bits per heavy atom. The minimum absolute atomic E-state index is 0.808. The summed E-state index contributed by atoms with van der Waals surface area (Å²) in [5, 5.41) is 17.1. The van der Waals surface area contributed by atoms with Crippen LogP contribution in [0.15, 0.2) is 534 Å². The summed E-state index contributed by atoms with van der Waals surface area (Å²) in [7, 11) is -9.16. The zero-order chi connectivity index (χ0) is 98.1. The van der Waals surface area contributed by atoms with Crippen molar-refractivity contribution in [3.05, 3.63) is 534 Å². The van der Waals surface area contributed by atoms with Crippen molar-refractivity contribution in [2.45, 2.75) is 0 Å². The summed E-state index contributed by atoms with van der Waals surface area (Å²) in [4.78, 5) is 30.9. The number of rotatable bonds is 16. The molecule has 0 N–H and O–H groups in total. The van der Waals surface area contributed by atoms with Gasteiger partial charge in [-0.3, -0.25) is 13.2 Å². The first-order chi connectivity index (χ1) is 72.5. The fourth-order valence-corrected chi connectivity index (χ4v) is 28.9. The average Bonchev–Trinajstić information content (AvgIpc) is 1.69. The summed E-state index contributed by atoms with van der Waals surface area (Å²) >= 11 is 0. The van der Waals surface area contributed by atoms with Crippen LogP contribution in [0.1, 0.15) is 0 Å². The molecular formula is C132H88N9O3P3. The minimum Gasteiger partial charge on any atom is -0.309 e. The molecule has 0 aliphatic rings. The lowest BCUT2D eigenvalue weighted by molar-refractivity contribution is 0.591. The third-order valence-corrected chi connectivity index (χ3v) is 37.5. The first kappa shape index (κ1) is 88.9. The first-order valence-corrected chi connectivity index (χ1v) is 54.3. The van der Waals surface area contributed by atoms with Crippen molar-refractivity contribution < 1.29 is 13.7 Å². The lowest BCUT2D eigenvalue weighted by Gasteiger charge is -2.20. The quantitative estimate of drug-likeness (QED) is 0.0864. The van der Waals surface area contributed by atoms with E-state index in [4.69, 9.17) is 29.9 Å². The second kappa shape index (κ2) is 37.2. The number of benzene rings is 22. The van der Waals surface area contributed by atoms with Crippen LogP contribution in [0.5, 0.6) is 0 Å². The van der Waals surface area contributed by atoms with Gasteiger partial charge in [0.1, 0.15) is 34.4 Å².